The van der Waals surface area contributed by atoms with Crippen LogP contribution in [0.3, 0.4) is 0 Å². The van der Waals surface area contributed by atoms with E-state index in [0.717, 1.165) is 0 Å². The van der Waals surface area contributed by atoms with Gasteiger partial charge in [0.15, 0.2) is 11.5 Å². The number of halogens is 4. The number of pyridine rings is 1. The summed E-state index contributed by atoms with van der Waals surface area (Å²) in [7, 11) is 0. The molecule has 4 rings (SSSR count). The van der Waals surface area contributed by atoms with Crippen molar-refractivity contribution in [3.63, 3.8) is 0 Å². The van der Waals surface area contributed by atoms with E-state index in [1.807, 2.05) is 0 Å². The van der Waals surface area contributed by atoms with Crippen molar-refractivity contribution in [2.75, 3.05) is 11.9 Å². The van der Waals surface area contributed by atoms with Crippen LogP contribution in [-0.2, 0) is 6.54 Å². The molecule has 0 unspecified atom stereocenters. The van der Waals surface area contributed by atoms with E-state index in [0.29, 0.717) is 22.3 Å². The van der Waals surface area contributed by atoms with Crippen molar-refractivity contribution >= 4 is 17.0 Å². The standard InChI is InChI=1S/C18H15F4N7/c19-13-6-2-1-4-11(13)10-29-16-12(5-3-8-23-16)14(28-29)15-25-17(27-26-15)24-9-7-18(20,21)22/h1-6,8H,7,9-10H2,(H2,24,25,26,27). The number of nitrogens with zero attached hydrogens (tertiary/aromatic N) is 5. The lowest BCUT2D eigenvalue weighted by molar-refractivity contribution is -0.131. The van der Waals surface area contributed by atoms with Gasteiger partial charge in [-0.15, -0.1) is 5.10 Å². The summed E-state index contributed by atoms with van der Waals surface area (Å²) in [6.07, 6.45) is -3.67. The van der Waals surface area contributed by atoms with Crippen LogP contribution in [0.2, 0.25) is 0 Å². The van der Waals surface area contributed by atoms with Crippen LogP contribution < -0.4 is 5.32 Å². The highest BCUT2D eigenvalue weighted by molar-refractivity contribution is 5.89. The average Bonchev–Trinajstić information content (AvgIpc) is 3.28. The summed E-state index contributed by atoms with van der Waals surface area (Å²) in [4.78, 5) is 8.48. The first-order valence-corrected chi connectivity index (χ1v) is 8.69. The number of aromatic nitrogens is 6. The topological polar surface area (TPSA) is 84.3 Å². The first kappa shape index (κ1) is 18.8. The van der Waals surface area contributed by atoms with E-state index in [1.165, 1.54) is 6.07 Å². The Morgan fingerprint density at radius 3 is 2.72 bits per heavy atom. The molecule has 150 valence electrons. The van der Waals surface area contributed by atoms with Crippen molar-refractivity contribution in [2.24, 2.45) is 0 Å². The molecule has 0 saturated heterocycles. The molecule has 29 heavy (non-hydrogen) atoms. The maximum Gasteiger partial charge on any atom is 0.390 e. The summed E-state index contributed by atoms with van der Waals surface area (Å²) in [5, 5.41) is 14.2. The van der Waals surface area contributed by atoms with Crippen LogP contribution in [0.5, 0.6) is 0 Å². The monoisotopic (exact) mass is 405 g/mol. The molecule has 3 heterocycles. The van der Waals surface area contributed by atoms with Crippen LogP contribution in [0.1, 0.15) is 12.0 Å². The Balaban J connectivity index is 1.62. The zero-order valence-corrected chi connectivity index (χ0v) is 14.9. The molecule has 0 radical (unpaired) electrons. The molecule has 7 nitrogen and oxygen atoms in total. The van der Waals surface area contributed by atoms with Crippen molar-refractivity contribution in [2.45, 2.75) is 19.1 Å². The number of alkyl halides is 3. The van der Waals surface area contributed by atoms with Gasteiger partial charge in [-0.25, -0.2) is 14.1 Å². The second kappa shape index (κ2) is 7.49. The lowest BCUT2D eigenvalue weighted by Crippen LogP contribution is -2.15. The first-order valence-electron chi connectivity index (χ1n) is 8.69. The van der Waals surface area contributed by atoms with E-state index in [1.54, 1.807) is 41.2 Å². The van der Waals surface area contributed by atoms with Gasteiger partial charge in [-0.3, -0.25) is 5.10 Å². The number of hydrogen-bond acceptors (Lipinski definition) is 5. The average molecular weight is 405 g/mol. The van der Waals surface area contributed by atoms with Crippen molar-refractivity contribution in [1.82, 2.24) is 29.9 Å². The first-order chi connectivity index (χ1) is 13.9. The lowest BCUT2D eigenvalue weighted by Gasteiger charge is -2.05. The van der Waals surface area contributed by atoms with E-state index >= 15 is 0 Å². The maximum atomic E-state index is 14.0. The van der Waals surface area contributed by atoms with Crippen molar-refractivity contribution in [3.8, 4) is 11.5 Å². The molecule has 0 spiro atoms. The van der Waals surface area contributed by atoms with Gasteiger partial charge in [0.2, 0.25) is 5.95 Å². The molecule has 11 heteroatoms. The van der Waals surface area contributed by atoms with E-state index in [2.05, 4.69) is 30.6 Å². The van der Waals surface area contributed by atoms with Gasteiger partial charge in [0.25, 0.3) is 0 Å². The van der Waals surface area contributed by atoms with Crippen molar-refractivity contribution < 1.29 is 17.6 Å². The number of nitrogens with one attached hydrogen (secondary N) is 2. The highest BCUT2D eigenvalue weighted by Crippen LogP contribution is 2.26. The summed E-state index contributed by atoms with van der Waals surface area (Å²) >= 11 is 0. The Labute approximate surface area is 161 Å². The Kier molecular flexibility index (Phi) is 4.87. The van der Waals surface area contributed by atoms with Gasteiger partial charge < -0.3 is 5.32 Å². The second-order valence-electron chi connectivity index (χ2n) is 6.27. The number of H-pyrrole nitrogens is 1. The summed E-state index contributed by atoms with van der Waals surface area (Å²) in [5.41, 5.74) is 1.38. The predicted molar refractivity (Wildman–Crippen MR) is 97.6 cm³/mol. The number of anilines is 1. The van der Waals surface area contributed by atoms with Crippen LogP contribution in [0.4, 0.5) is 23.5 Å². The van der Waals surface area contributed by atoms with E-state index in [9.17, 15) is 17.6 Å². The molecule has 0 aliphatic carbocycles. The largest absolute Gasteiger partial charge is 0.390 e. The minimum Gasteiger partial charge on any atom is -0.353 e. The molecule has 0 atom stereocenters. The second-order valence-corrected chi connectivity index (χ2v) is 6.27. The minimum absolute atomic E-state index is 0.0324. The number of fused-ring (bicyclic) bond motifs is 1. The molecule has 0 amide bonds. The number of hydrogen-bond donors (Lipinski definition) is 2. The molecule has 0 aliphatic heterocycles. The summed E-state index contributed by atoms with van der Waals surface area (Å²) in [6.45, 7) is -0.185. The quantitative estimate of drug-likeness (QED) is 0.477. The fourth-order valence-electron chi connectivity index (χ4n) is 2.85. The van der Waals surface area contributed by atoms with Gasteiger partial charge in [-0.2, -0.15) is 23.3 Å². The molecule has 0 aliphatic rings. The molecule has 4 aromatic rings. The normalized spacial score (nSPS) is 11.9. The molecule has 0 saturated carbocycles. The zero-order valence-electron chi connectivity index (χ0n) is 14.9. The van der Waals surface area contributed by atoms with Crippen LogP contribution in [-0.4, -0.2) is 42.7 Å². The molecular formula is C18H15F4N7. The smallest absolute Gasteiger partial charge is 0.353 e. The third-order valence-corrected chi connectivity index (χ3v) is 4.19. The lowest BCUT2D eigenvalue weighted by atomic mass is 10.2. The number of rotatable bonds is 6. The van der Waals surface area contributed by atoms with Gasteiger partial charge in [0.05, 0.1) is 18.4 Å². The van der Waals surface area contributed by atoms with Crippen LogP contribution in [0, 0.1) is 5.82 Å². The Hall–Kier alpha value is -3.50. The number of benzene rings is 1. The Bertz CT molecular complexity index is 1130. The van der Waals surface area contributed by atoms with Crippen LogP contribution >= 0.6 is 0 Å². The van der Waals surface area contributed by atoms with E-state index in [4.69, 9.17) is 0 Å². The molecule has 1 aromatic carbocycles. The van der Waals surface area contributed by atoms with Gasteiger partial charge in [0, 0.05) is 18.3 Å². The Morgan fingerprint density at radius 1 is 1.10 bits per heavy atom. The third kappa shape index (κ3) is 4.18. The molecule has 0 fully saturated rings. The Morgan fingerprint density at radius 2 is 1.93 bits per heavy atom. The fourth-order valence-corrected chi connectivity index (χ4v) is 2.85. The fraction of sp³-hybridized carbons (Fsp3) is 0.222. The summed E-state index contributed by atoms with van der Waals surface area (Å²) in [5.74, 6) is -0.0563. The summed E-state index contributed by atoms with van der Waals surface area (Å²) < 4.78 is 52.4. The molecule has 2 N–H and O–H groups in total. The highest BCUT2D eigenvalue weighted by atomic mass is 19.4. The van der Waals surface area contributed by atoms with Crippen molar-refractivity contribution in [1.29, 1.82) is 0 Å². The third-order valence-electron chi connectivity index (χ3n) is 4.19. The van der Waals surface area contributed by atoms with Crippen molar-refractivity contribution in [3.05, 3.63) is 54.0 Å². The SMILES string of the molecule is Fc1ccccc1Cn1nc(-c2nc(NCCC(F)(F)F)n[nH]2)c2cccnc21. The predicted octanol–water partition coefficient (Wildman–Crippen LogP) is 3.77. The molecular weight excluding hydrogens is 390 g/mol. The molecule has 3 aromatic heterocycles. The summed E-state index contributed by atoms with van der Waals surface area (Å²) in [6, 6.07) is 9.86. The van der Waals surface area contributed by atoms with Crippen LogP contribution in [0.25, 0.3) is 22.6 Å². The van der Waals surface area contributed by atoms with Gasteiger partial charge in [-0.05, 0) is 18.2 Å². The van der Waals surface area contributed by atoms with E-state index in [-0.39, 0.29) is 30.7 Å². The molecule has 0 bridgehead atoms. The van der Waals surface area contributed by atoms with Crippen LogP contribution in [0.15, 0.2) is 42.6 Å². The number of aromatic amines is 1. The van der Waals surface area contributed by atoms with E-state index < -0.39 is 12.6 Å². The van der Waals surface area contributed by atoms with Gasteiger partial charge >= 0.3 is 6.18 Å². The van der Waals surface area contributed by atoms with Gasteiger partial charge in [-0.1, -0.05) is 18.2 Å². The highest BCUT2D eigenvalue weighted by Gasteiger charge is 2.26. The minimum atomic E-state index is -4.26. The van der Waals surface area contributed by atoms with Gasteiger partial charge in [0.1, 0.15) is 11.5 Å². The zero-order chi connectivity index (χ0) is 20.4. The maximum absolute atomic E-state index is 14.0.